The van der Waals surface area contributed by atoms with Crippen LogP contribution in [0.4, 0.5) is 0 Å². The summed E-state index contributed by atoms with van der Waals surface area (Å²) in [4.78, 5) is 14.7. The van der Waals surface area contributed by atoms with Gasteiger partial charge in [-0.15, -0.1) is 0 Å². The Hall–Kier alpha value is -1.46. The molecule has 19 heavy (non-hydrogen) atoms. The van der Waals surface area contributed by atoms with Gasteiger partial charge in [0, 0.05) is 17.2 Å². The van der Waals surface area contributed by atoms with Gasteiger partial charge in [0.15, 0.2) is 0 Å². The lowest BCUT2D eigenvalue weighted by molar-refractivity contribution is 0.0917. The molecule has 0 saturated carbocycles. The lowest BCUT2D eigenvalue weighted by Crippen LogP contribution is -2.43. The average molecular weight is 277 g/mol. The molecule has 1 heterocycles. The van der Waals surface area contributed by atoms with E-state index < -0.39 is 0 Å². The number of likely N-dealkylation sites (tertiary alicyclic amines) is 1. The number of nitrogens with two attached hydrogens (primary N) is 1. The molecule has 1 aromatic rings. The predicted octanol–water partition coefficient (Wildman–Crippen LogP) is 1.14. The first-order chi connectivity index (χ1) is 9.06. The smallest absolute Gasteiger partial charge is 0.251 e. The van der Waals surface area contributed by atoms with E-state index in [1.807, 2.05) is 6.07 Å². The van der Waals surface area contributed by atoms with Gasteiger partial charge < -0.3 is 16.0 Å². The molecule has 2 rings (SSSR count). The number of amides is 1. The van der Waals surface area contributed by atoms with Crippen molar-refractivity contribution in [3.63, 3.8) is 0 Å². The highest BCUT2D eigenvalue weighted by Gasteiger charge is 2.19. The van der Waals surface area contributed by atoms with Gasteiger partial charge in [0.25, 0.3) is 5.91 Å². The van der Waals surface area contributed by atoms with E-state index in [4.69, 9.17) is 18.0 Å². The second-order valence-electron chi connectivity index (χ2n) is 5.00. The summed E-state index contributed by atoms with van der Waals surface area (Å²) in [7, 11) is 2.10. The molecule has 1 saturated heterocycles. The molecule has 0 unspecified atom stereocenters. The minimum atomic E-state index is -0.0485. The van der Waals surface area contributed by atoms with Gasteiger partial charge in [0.2, 0.25) is 0 Å². The fourth-order valence-corrected chi connectivity index (χ4v) is 2.36. The zero-order valence-electron chi connectivity index (χ0n) is 11.1. The molecule has 0 atom stereocenters. The fourth-order valence-electron chi connectivity index (χ4n) is 2.24. The zero-order valence-corrected chi connectivity index (χ0v) is 11.9. The Balaban J connectivity index is 2.00. The fraction of sp³-hybridized carbons (Fsp3) is 0.429. The van der Waals surface area contributed by atoms with Crippen LogP contribution in [0.5, 0.6) is 0 Å². The number of benzene rings is 1. The number of nitrogens with zero attached hydrogens (tertiary/aromatic N) is 1. The third-order valence-corrected chi connectivity index (χ3v) is 3.70. The molecule has 3 N–H and O–H groups in total. The average Bonchev–Trinajstić information content (AvgIpc) is 2.41. The maximum atomic E-state index is 12.2. The second-order valence-corrected chi connectivity index (χ2v) is 5.44. The molecule has 1 fully saturated rings. The van der Waals surface area contributed by atoms with Crippen LogP contribution in [-0.2, 0) is 0 Å². The Kier molecular flexibility index (Phi) is 4.50. The quantitative estimate of drug-likeness (QED) is 0.814. The first-order valence-electron chi connectivity index (χ1n) is 6.45. The van der Waals surface area contributed by atoms with E-state index in [1.165, 1.54) is 0 Å². The van der Waals surface area contributed by atoms with Gasteiger partial charge in [-0.2, -0.15) is 0 Å². The molecule has 1 aromatic carbocycles. The van der Waals surface area contributed by atoms with E-state index in [0.29, 0.717) is 10.6 Å². The highest BCUT2D eigenvalue weighted by Crippen LogP contribution is 2.10. The molecule has 1 amide bonds. The summed E-state index contributed by atoms with van der Waals surface area (Å²) in [5.74, 6) is -0.0485. The zero-order chi connectivity index (χ0) is 13.8. The standard InChI is InChI=1S/C14H19N3OS/c1-17-7-5-12(6-8-17)16-14(18)11-4-2-3-10(9-11)13(15)19/h2-4,9,12H,5-8H2,1H3,(H2,15,19)(H,16,18). The van der Waals surface area contributed by atoms with Gasteiger partial charge in [-0.05, 0) is 45.1 Å². The summed E-state index contributed by atoms with van der Waals surface area (Å²) in [5, 5.41) is 3.07. The SMILES string of the molecule is CN1CCC(NC(=O)c2cccc(C(N)=S)c2)CC1. The first kappa shape index (κ1) is 14.0. The van der Waals surface area contributed by atoms with Gasteiger partial charge in [0.1, 0.15) is 4.99 Å². The Bertz CT molecular complexity index is 481. The number of piperidine rings is 1. The number of nitrogens with one attached hydrogen (secondary N) is 1. The van der Waals surface area contributed by atoms with Gasteiger partial charge in [-0.3, -0.25) is 4.79 Å². The maximum Gasteiger partial charge on any atom is 0.251 e. The molecule has 0 aliphatic carbocycles. The van der Waals surface area contributed by atoms with Crippen molar-refractivity contribution >= 4 is 23.1 Å². The summed E-state index contributed by atoms with van der Waals surface area (Å²) in [5.41, 5.74) is 6.92. The van der Waals surface area contributed by atoms with Crippen molar-refractivity contribution < 1.29 is 4.79 Å². The van der Waals surface area contributed by atoms with Crippen molar-refractivity contribution in [2.75, 3.05) is 20.1 Å². The number of carbonyl (C=O) groups excluding carboxylic acids is 1. The van der Waals surface area contributed by atoms with Gasteiger partial charge in [-0.1, -0.05) is 24.4 Å². The molecule has 5 heteroatoms. The lowest BCUT2D eigenvalue weighted by atomic mass is 10.0. The molecule has 0 aromatic heterocycles. The van der Waals surface area contributed by atoms with Gasteiger partial charge >= 0.3 is 0 Å². The van der Waals surface area contributed by atoms with Crippen LogP contribution in [0.25, 0.3) is 0 Å². The number of carbonyl (C=O) groups is 1. The van der Waals surface area contributed by atoms with Crippen molar-refractivity contribution in [3.8, 4) is 0 Å². The van der Waals surface area contributed by atoms with E-state index in [2.05, 4.69) is 17.3 Å². The summed E-state index contributed by atoms with van der Waals surface area (Å²) >= 11 is 4.92. The van der Waals surface area contributed by atoms with Crippen molar-refractivity contribution in [2.45, 2.75) is 18.9 Å². The van der Waals surface area contributed by atoms with Crippen LogP contribution in [0.1, 0.15) is 28.8 Å². The lowest BCUT2D eigenvalue weighted by Gasteiger charge is -2.29. The molecule has 0 spiro atoms. The maximum absolute atomic E-state index is 12.2. The molecule has 1 aliphatic heterocycles. The number of hydrogen-bond acceptors (Lipinski definition) is 3. The molecule has 1 aliphatic rings. The predicted molar refractivity (Wildman–Crippen MR) is 80.3 cm³/mol. The Morgan fingerprint density at radius 1 is 1.37 bits per heavy atom. The number of rotatable bonds is 3. The van der Waals surface area contributed by atoms with Crippen molar-refractivity contribution in [2.24, 2.45) is 5.73 Å². The van der Waals surface area contributed by atoms with Crippen molar-refractivity contribution in [1.29, 1.82) is 0 Å². The summed E-state index contributed by atoms with van der Waals surface area (Å²) in [6.45, 7) is 2.05. The third kappa shape index (κ3) is 3.75. The van der Waals surface area contributed by atoms with Crippen molar-refractivity contribution in [3.05, 3.63) is 35.4 Å². The molecule has 0 bridgehead atoms. The second kappa shape index (κ2) is 6.12. The molecular formula is C14H19N3OS. The minimum absolute atomic E-state index is 0.0485. The topological polar surface area (TPSA) is 58.4 Å². The summed E-state index contributed by atoms with van der Waals surface area (Å²) in [6, 6.07) is 7.41. The van der Waals surface area contributed by atoms with E-state index in [1.54, 1.807) is 18.2 Å². The molecule has 4 nitrogen and oxygen atoms in total. The van der Waals surface area contributed by atoms with Gasteiger partial charge in [0.05, 0.1) is 0 Å². The van der Waals surface area contributed by atoms with Crippen LogP contribution in [0.2, 0.25) is 0 Å². The largest absolute Gasteiger partial charge is 0.389 e. The number of hydrogen-bond donors (Lipinski definition) is 2. The normalized spacial score (nSPS) is 17.1. The minimum Gasteiger partial charge on any atom is -0.389 e. The highest BCUT2D eigenvalue weighted by atomic mass is 32.1. The Morgan fingerprint density at radius 2 is 2.00 bits per heavy atom. The molecular weight excluding hydrogens is 258 g/mol. The van der Waals surface area contributed by atoms with E-state index in [-0.39, 0.29) is 11.9 Å². The van der Waals surface area contributed by atoms with Crippen LogP contribution in [0.15, 0.2) is 24.3 Å². The van der Waals surface area contributed by atoms with E-state index in [0.717, 1.165) is 31.5 Å². The Morgan fingerprint density at radius 3 is 2.63 bits per heavy atom. The van der Waals surface area contributed by atoms with Crippen molar-refractivity contribution in [1.82, 2.24) is 10.2 Å². The number of thiocarbonyl (C=S) groups is 1. The third-order valence-electron chi connectivity index (χ3n) is 3.46. The molecule has 0 radical (unpaired) electrons. The van der Waals surface area contributed by atoms with Crippen LogP contribution in [0.3, 0.4) is 0 Å². The van der Waals surface area contributed by atoms with Crippen LogP contribution < -0.4 is 11.1 Å². The van der Waals surface area contributed by atoms with E-state index >= 15 is 0 Å². The van der Waals surface area contributed by atoms with Crippen LogP contribution >= 0.6 is 12.2 Å². The Labute approximate surface area is 119 Å². The summed E-state index contributed by atoms with van der Waals surface area (Å²) < 4.78 is 0. The first-order valence-corrected chi connectivity index (χ1v) is 6.86. The van der Waals surface area contributed by atoms with E-state index in [9.17, 15) is 4.79 Å². The van der Waals surface area contributed by atoms with Gasteiger partial charge in [-0.25, -0.2) is 0 Å². The molecule has 102 valence electrons. The monoisotopic (exact) mass is 277 g/mol. The van der Waals surface area contributed by atoms with Crippen LogP contribution in [-0.4, -0.2) is 42.0 Å². The van der Waals surface area contributed by atoms with Crippen LogP contribution in [0, 0.1) is 0 Å². The highest BCUT2D eigenvalue weighted by molar-refractivity contribution is 7.80. The summed E-state index contributed by atoms with van der Waals surface area (Å²) in [6.07, 6.45) is 1.99.